The Hall–Kier alpha value is 0.900. The Kier molecular flexibility index (Phi) is 8.92. The molecule has 6 N–H and O–H groups in total. The summed E-state index contributed by atoms with van der Waals surface area (Å²) in [6, 6.07) is 0. The van der Waals surface area contributed by atoms with Gasteiger partial charge in [-0.3, -0.25) is 0 Å². The Labute approximate surface area is 104 Å². The molecule has 0 spiro atoms. The molecule has 14 heteroatoms. The van der Waals surface area contributed by atoms with Crippen molar-refractivity contribution in [2.75, 3.05) is 0 Å². The Morgan fingerprint density at radius 3 is 1.29 bits per heavy atom. The molecule has 0 aromatic heterocycles. The Bertz CT molecular complexity index is 128. The molecule has 2 heterocycles. The van der Waals surface area contributed by atoms with Gasteiger partial charge in [-0.15, -0.1) is 0 Å². The first-order valence-corrected chi connectivity index (χ1v) is 2.87. The standard InChI is InChI=1S/B4H2O7.Na.2H2O.H/c5-1-7-3-9-2(6)10-4(8-1)11-3;;;;/h5-6H;;2*1H2;/q;+1;;;-1. The summed E-state index contributed by atoms with van der Waals surface area (Å²) >= 11 is 0. The van der Waals surface area contributed by atoms with Crippen molar-refractivity contribution in [3.8, 4) is 0 Å². The molecule has 0 unspecified atom stereocenters. The number of hydrogen-bond acceptors (Lipinski definition) is 7. The summed E-state index contributed by atoms with van der Waals surface area (Å²) in [5.41, 5.74) is 0. The fraction of sp³-hybridized carbons (Fsp3) is 0. The van der Waals surface area contributed by atoms with Crippen LogP contribution in [0.25, 0.3) is 0 Å². The molecule has 2 rings (SSSR count). The van der Waals surface area contributed by atoms with Gasteiger partial charge in [-0.1, -0.05) is 0 Å². The third kappa shape index (κ3) is 4.18. The monoisotopic (exact) mass is 218 g/mol. The molecule has 2 aliphatic heterocycles. The zero-order valence-electron chi connectivity index (χ0n) is 8.25. The van der Waals surface area contributed by atoms with Crippen molar-refractivity contribution < 1.29 is 74.8 Å². The smallest absolute Gasteiger partial charge is 1.00 e. The van der Waals surface area contributed by atoms with Crippen LogP contribution in [0.3, 0.4) is 0 Å². The van der Waals surface area contributed by atoms with Crippen LogP contribution in [0.15, 0.2) is 0 Å². The molecular formula is H7B4NaO9. The first kappa shape index (κ1) is 17.3. The zero-order valence-corrected chi connectivity index (χ0v) is 9.25. The summed E-state index contributed by atoms with van der Waals surface area (Å²) in [5, 5.41) is 17.5. The largest absolute Gasteiger partial charge is 1.00 e. The molecule has 0 amide bonds. The van der Waals surface area contributed by atoms with Gasteiger partial charge in [0.1, 0.15) is 0 Å². The van der Waals surface area contributed by atoms with Gasteiger partial charge < -0.3 is 45.3 Å². The minimum absolute atomic E-state index is 0. The number of fused-ring (bicyclic) bond motifs is 2. The van der Waals surface area contributed by atoms with E-state index in [4.69, 9.17) is 10.0 Å². The molecule has 2 fully saturated rings. The topological polar surface area (TPSA) is 150 Å². The average molecular weight is 217 g/mol. The van der Waals surface area contributed by atoms with Gasteiger partial charge in [0.2, 0.25) is 0 Å². The zero-order chi connectivity index (χ0) is 7.84. The molecule has 2 aliphatic rings. The fourth-order valence-electron chi connectivity index (χ4n) is 0.728. The second-order valence-corrected chi connectivity index (χ2v) is 1.87. The minimum atomic E-state index is -1.45. The Balaban J connectivity index is -0.000000360. The van der Waals surface area contributed by atoms with Crippen LogP contribution in [0.1, 0.15) is 1.43 Å². The van der Waals surface area contributed by atoms with Crippen molar-refractivity contribution >= 4 is 29.3 Å². The molecule has 74 valence electrons. The molecule has 2 saturated heterocycles. The van der Waals surface area contributed by atoms with E-state index in [1.54, 1.807) is 0 Å². The summed E-state index contributed by atoms with van der Waals surface area (Å²) in [6.45, 7) is 0. The van der Waals surface area contributed by atoms with Crippen LogP contribution in [0.4, 0.5) is 0 Å². The van der Waals surface area contributed by atoms with E-state index in [9.17, 15) is 0 Å². The van der Waals surface area contributed by atoms with Crippen molar-refractivity contribution in [1.82, 2.24) is 0 Å². The second kappa shape index (κ2) is 7.22. The van der Waals surface area contributed by atoms with Crippen molar-refractivity contribution in [1.29, 1.82) is 0 Å². The molecule has 14 heavy (non-hydrogen) atoms. The predicted octanol–water partition coefficient (Wildman–Crippen LogP) is -7.51. The molecule has 0 saturated carbocycles. The second-order valence-electron chi connectivity index (χ2n) is 1.87. The maximum Gasteiger partial charge on any atom is 1.00 e. The van der Waals surface area contributed by atoms with Gasteiger partial charge in [0.15, 0.2) is 0 Å². The molecule has 2 bridgehead atoms. The van der Waals surface area contributed by atoms with Crippen molar-refractivity contribution in [2.45, 2.75) is 0 Å². The molecule has 0 aromatic rings. The number of rotatable bonds is 0. The first-order chi connectivity index (χ1) is 5.24. The normalized spacial score (nSPS) is 19.3. The van der Waals surface area contributed by atoms with Crippen molar-refractivity contribution in [3.63, 3.8) is 0 Å². The van der Waals surface area contributed by atoms with Crippen LogP contribution in [-0.4, -0.2) is 50.3 Å². The molecular weight excluding hydrogens is 210 g/mol. The third-order valence-corrected chi connectivity index (χ3v) is 1.13. The van der Waals surface area contributed by atoms with E-state index in [0.717, 1.165) is 0 Å². The van der Waals surface area contributed by atoms with E-state index >= 15 is 0 Å². The van der Waals surface area contributed by atoms with Crippen LogP contribution in [-0.2, 0) is 22.9 Å². The van der Waals surface area contributed by atoms with E-state index in [1.807, 2.05) is 0 Å². The van der Waals surface area contributed by atoms with Crippen LogP contribution < -0.4 is 29.6 Å². The maximum atomic E-state index is 8.74. The van der Waals surface area contributed by atoms with E-state index in [1.165, 1.54) is 0 Å². The van der Waals surface area contributed by atoms with E-state index < -0.39 is 29.3 Å². The summed E-state index contributed by atoms with van der Waals surface area (Å²) in [4.78, 5) is 0. The van der Waals surface area contributed by atoms with E-state index in [0.29, 0.717) is 0 Å². The molecule has 0 radical (unpaired) electrons. The van der Waals surface area contributed by atoms with Gasteiger partial charge in [0.25, 0.3) is 0 Å². The summed E-state index contributed by atoms with van der Waals surface area (Å²) < 4.78 is 22.6. The van der Waals surface area contributed by atoms with Crippen molar-refractivity contribution in [3.05, 3.63) is 0 Å². The predicted molar refractivity (Wildman–Crippen MR) is 41.2 cm³/mol. The quantitative estimate of drug-likeness (QED) is 0.382. The summed E-state index contributed by atoms with van der Waals surface area (Å²) in [7, 11) is -5.20. The van der Waals surface area contributed by atoms with Gasteiger partial charge >= 0.3 is 58.8 Å². The molecule has 0 atom stereocenters. The minimum Gasteiger partial charge on any atom is -1.00 e. The molecule has 0 aromatic carbocycles. The third-order valence-electron chi connectivity index (χ3n) is 1.13. The van der Waals surface area contributed by atoms with E-state index in [-0.39, 0.29) is 41.9 Å². The van der Waals surface area contributed by atoms with Crippen LogP contribution >= 0.6 is 0 Å². The fourth-order valence-corrected chi connectivity index (χ4v) is 0.728. The molecule has 9 nitrogen and oxygen atoms in total. The average Bonchev–Trinajstić information content (AvgIpc) is 1.82. The van der Waals surface area contributed by atoms with Gasteiger partial charge in [-0.25, -0.2) is 0 Å². The van der Waals surface area contributed by atoms with Gasteiger partial charge in [-0.05, 0) is 0 Å². The van der Waals surface area contributed by atoms with Crippen LogP contribution in [0.5, 0.6) is 0 Å². The van der Waals surface area contributed by atoms with Gasteiger partial charge in [0.05, 0.1) is 0 Å². The first-order valence-electron chi connectivity index (χ1n) is 2.87. The maximum absolute atomic E-state index is 8.74. The Morgan fingerprint density at radius 1 is 0.714 bits per heavy atom. The van der Waals surface area contributed by atoms with Crippen molar-refractivity contribution in [2.24, 2.45) is 0 Å². The molecule has 0 aliphatic carbocycles. The Morgan fingerprint density at radius 2 is 1.00 bits per heavy atom. The van der Waals surface area contributed by atoms with Crippen LogP contribution in [0.2, 0.25) is 0 Å². The van der Waals surface area contributed by atoms with E-state index in [2.05, 4.69) is 22.9 Å². The number of hydrogen-bond donors (Lipinski definition) is 2. The van der Waals surface area contributed by atoms with Crippen LogP contribution in [0, 0.1) is 0 Å². The SMILES string of the molecule is O.O.OB1OB2OB(O)OB(O1)O2.[H-].[Na+]. The summed E-state index contributed by atoms with van der Waals surface area (Å²) in [5.74, 6) is 0. The van der Waals surface area contributed by atoms with Gasteiger partial charge in [0, 0.05) is 0 Å². The van der Waals surface area contributed by atoms with Gasteiger partial charge in [-0.2, -0.15) is 0 Å². The summed E-state index contributed by atoms with van der Waals surface area (Å²) in [6.07, 6.45) is 0.